The Balaban J connectivity index is 1.48. The van der Waals surface area contributed by atoms with Gasteiger partial charge in [-0.25, -0.2) is 14.3 Å². The van der Waals surface area contributed by atoms with Crippen LogP contribution in [0.2, 0.25) is 0 Å². The number of rotatable bonds is 21. The van der Waals surface area contributed by atoms with E-state index < -0.39 is 6.09 Å². The lowest BCUT2D eigenvalue weighted by molar-refractivity contribution is -0.701. The number of imide groups is 1. The maximum Gasteiger partial charge on any atom is 0.417 e. The molecular weight excluding hydrogens is 488 g/mol. The summed E-state index contributed by atoms with van der Waals surface area (Å²) in [6, 6.07) is 5.78. The second-order valence-corrected chi connectivity index (χ2v) is 11.4. The smallest absolute Gasteiger partial charge is 0.417 e. The molecule has 2 atom stereocenters. The summed E-state index contributed by atoms with van der Waals surface area (Å²) >= 11 is 0. The molecule has 1 aromatic heterocycles. The van der Waals surface area contributed by atoms with Crippen molar-refractivity contribution in [1.29, 1.82) is 0 Å². The third-order valence-electron chi connectivity index (χ3n) is 8.01. The van der Waals surface area contributed by atoms with Crippen LogP contribution in [-0.2, 0) is 27.4 Å². The molecule has 222 valence electrons. The third kappa shape index (κ3) is 14.3. The zero-order chi connectivity index (χ0) is 28.1. The summed E-state index contributed by atoms with van der Waals surface area (Å²) in [6.07, 6.45) is 25.2. The fraction of sp³-hybridized carbons (Fsp3) is 0.788. The lowest BCUT2D eigenvalue weighted by atomic mass is 10.0. The summed E-state index contributed by atoms with van der Waals surface area (Å²) in [7, 11) is 0. The number of hydrogen-bond donors (Lipinski definition) is 0. The van der Waals surface area contributed by atoms with Gasteiger partial charge in [0.2, 0.25) is 11.6 Å². The van der Waals surface area contributed by atoms with Crippen LogP contribution in [0.3, 0.4) is 0 Å². The lowest BCUT2D eigenvalue weighted by Crippen LogP contribution is -2.43. The Morgan fingerprint density at radius 2 is 1.41 bits per heavy atom. The molecule has 0 spiro atoms. The van der Waals surface area contributed by atoms with Gasteiger partial charge in [0.15, 0.2) is 6.20 Å². The van der Waals surface area contributed by atoms with E-state index in [2.05, 4.69) is 6.92 Å². The largest absolute Gasteiger partial charge is 0.446 e. The molecule has 1 aliphatic rings. The van der Waals surface area contributed by atoms with Gasteiger partial charge in [0, 0.05) is 19.1 Å². The molecule has 1 aliphatic heterocycles. The number of amides is 2. The van der Waals surface area contributed by atoms with Gasteiger partial charge in [-0.2, -0.15) is 0 Å². The van der Waals surface area contributed by atoms with Gasteiger partial charge in [0.1, 0.15) is 19.7 Å². The number of ether oxygens (including phenoxy) is 2. The first-order chi connectivity index (χ1) is 19.0. The van der Waals surface area contributed by atoms with Gasteiger partial charge in [0.05, 0.1) is 12.2 Å². The van der Waals surface area contributed by atoms with Crippen molar-refractivity contribution in [2.24, 2.45) is 0 Å². The number of unbranched alkanes of at least 4 members (excludes halogenated alkanes) is 14. The summed E-state index contributed by atoms with van der Waals surface area (Å²) in [5.41, 5.74) is 0.896. The molecule has 2 unspecified atom stereocenters. The molecule has 0 bridgehead atoms. The molecular formula is C33H57N2O4+. The van der Waals surface area contributed by atoms with Gasteiger partial charge >= 0.3 is 6.09 Å². The van der Waals surface area contributed by atoms with Crippen molar-refractivity contribution in [3.8, 4) is 0 Å². The van der Waals surface area contributed by atoms with Crippen molar-refractivity contribution in [2.75, 3.05) is 6.61 Å². The highest BCUT2D eigenvalue weighted by molar-refractivity contribution is 5.90. The highest BCUT2D eigenvalue weighted by atomic mass is 16.6. The normalized spacial score (nSPS) is 16.9. The zero-order valence-corrected chi connectivity index (χ0v) is 25.3. The molecule has 6 nitrogen and oxygen atoms in total. The zero-order valence-electron chi connectivity index (χ0n) is 25.3. The Labute approximate surface area is 238 Å². The van der Waals surface area contributed by atoms with Crippen molar-refractivity contribution in [2.45, 2.75) is 162 Å². The number of hydrogen-bond acceptors (Lipinski definition) is 4. The van der Waals surface area contributed by atoms with Crippen LogP contribution in [0, 0.1) is 0 Å². The Morgan fingerprint density at radius 1 is 0.846 bits per heavy atom. The maximum atomic E-state index is 12.7. The summed E-state index contributed by atoms with van der Waals surface area (Å²) in [4.78, 5) is 26.0. The summed E-state index contributed by atoms with van der Waals surface area (Å²) in [6.45, 7) is 6.90. The minimum absolute atomic E-state index is 0.0681. The van der Waals surface area contributed by atoms with E-state index in [9.17, 15) is 9.59 Å². The SMILES string of the molecule is CCCCCCCCCCCCCCCCCC1CCC(COC(=O)N(Cc2cccc[n+]2CC)C(C)=O)O1. The topological polar surface area (TPSA) is 59.7 Å². The van der Waals surface area contributed by atoms with Crippen molar-refractivity contribution in [1.82, 2.24) is 4.90 Å². The molecule has 2 heterocycles. The van der Waals surface area contributed by atoms with E-state index in [-0.39, 0.29) is 31.3 Å². The molecule has 1 aromatic rings. The van der Waals surface area contributed by atoms with E-state index >= 15 is 0 Å². The molecule has 0 aromatic carbocycles. The summed E-state index contributed by atoms with van der Waals surface area (Å²) in [5, 5.41) is 0. The van der Waals surface area contributed by atoms with Gasteiger partial charge in [-0.15, -0.1) is 0 Å². The van der Waals surface area contributed by atoms with E-state index in [4.69, 9.17) is 9.47 Å². The molecule has 1 fully saturated rings. The minimum Gasteiger partial charge on any atom is -0.446 e. The van der Waals surface area contributed by atoms with Gasteiger partial charge in [-0.3, -0.25) is 4.79 Å². The number of nitrogens with zero attached hydrogens (tertiary/aromatic N) is 2. The highest BCUT2D eigenvalue weighted by Crippen LogP contribution is 2.25. The van der Waals surface area contributed by atoms with Crippen molar-refractivity contribution in [3.63, 3.8) is 0 Å². The maximum absolute atomic E-state index is 12.7. The van der Waals surface area contributed by atoms with Crippen LogP contribution < -0.4 is 4.57 Å². The third-order valence-corrected chi connectivity index (χ3v) is 8.01. The Kier molecular flexibility index (Phi) is 17.8. The fourth-order valence-electron chi connectivity index (χ4n) is 5.53. The minimum atomic E-state index is -0.594. The van der Waals surface area contributed by atoms with Crippen LogP contribution >= 0.6 is 0 Å². The molecule has 0 N–H and O–H groups in total. The molecule has 1 saturated heterocycles. The van der Waals surface area contributed by atoms with Gasteiger partial charge < -0.3 is 9.47 Å². The Bertz CT molecular complexity index is 800. The molecule has 0 saturated carbocycles. The monoisotopic (exact) mass is 545 g/mol. The van der Waals surface area contributed by atoms with E-state index in [1.807, 2.05) is 35.9 Å². The highest BCUT2D eigenvalue weighted by Gasteiger charge is 2.28. The molecule has 39 heavy (non-hydrogen) atoms. The first-order valence-corrected chi connectivity index (χ1v) is 16.1. The Hall–Kier alpha value is -1.95. The first-order valence-electron chi connectivity index (χ1n) is 16.1. The van der Waals surface area contributed by atoms with Crippen LogP contribution in [0.15, 0.2) is 24.4 Å². The van der Waals surface area contributed by atoms with E-state index in [0.29, 0.717) is 0 Å². The van der Waals surface area contributed by atoms with Crippen LogP contribution in [0.4, 0.5) is 4.79 Å². The quantitative estimate of drug-likeness (QED) is 0.115. The number of carbonyl (C=O) groups is 2. The van der Waals surface area contributed by atoms with Crippen molar-refractivity contribution >= 4 is 12.0 Å². The molecule has 6 heteroatoms. The van der Waals surface area contributed by atoms with Crippen molar-refractivity contribution < 1.29 is 23.6 Å². The van der Waals surface area contributed by atoms with Gasteiger partial charge in [0.25, 0.3) is 0 Å². The number of aromatic nitrogens is 1. The summed E-state index contributed by atoms with van der Waals surface area (Å²) < 4.78 is 13.7. The fourth-order valence-corrected chi connectivity index (χ4v) is 5.53. The predicted octanol–water partition coefficient (Wildman–Crippen LogP) is 8.29. The van der Waals surface area contributed by atoms with Gasteiger partial charge in [-0.05, 0) is 26.2 Å². The molecule has 2 rings (SSSR count). The van der Waals surface area contributed by atoms with Crippen LogP contribution in [-0.4, -0.2) is 35.7 Å². The Morgan fingerprint density at radius 3 is 1.97 bits per heavy atom. The average molecular weight is 546 g/mol. The van der Waals surface area contributed by atoms with Crippen LogP contribution in [0.25, 0.3) is 0 Å². The first kappa shape index (κ1) is 33.3. The molecule has 0 radical (unpaired) electrons. The van der Waals surface area contributed by atoms with Crippen molar-refractivity contribution in [3.05, 3.63) is 30.1 Å². The molecule has 2 amide bonds. The second-order valence-electron chi connectivity index (χ2n) is 11.4. The second kappa shape index (κ2) is 20.9. The van der Waals surface area contributed by atoms with Gasteiger partial charge in [-0.1, -0.05) is 109 Å². The average Bonchev–Trinajstić information content (AvgIpc) is 3.40. The predicted molar refractivity (Wildman–Crippen MR) is 157 cm³/mol. The van der Waals surface area contributed by atoms with E-state index in [1.165, 1.54) is 108 Å². The summed E-state index contributed by atoms with van der Waals surface area (Å²) in [5.74, 6) is -0.315. The van der Waals surface area contributed by atoms with Crippen LogP contribution in [0.1, 0.15) is 142 Å². The van der Waals surface area contributed by atoms with Crippen LogP contribution in [0.5, 0.6) is 0 Å². The molecule has 0 aliphatic carbocycles. The lowest BCUT2D eigenvalue weighted by Gasteiger charge is -2.19. The van der Waals surface area contributed by atoms with E-state index in [1.54, 1.807) is 0 Å². The number of pyridine rings is 1. The number of aryl methyl sites for hydroxylation is 1. The standard InChI is InChI=1S/C33H57N2O4/c1-4-6-7-8-9-10-11-12-13-14-15-16-17-18-19-23-31-24-25-32(39-31)28-38-33(37)35(29(3)36)27-30-22-20-21-26-34(30)5-2/h20-22,26,31-32H,4-19,23-25,27-28H2,1-3H3/q+1. The van der Waals surface area contributed by atoms with E-state index in [0.717, 1.165) is 31.5 Å². The number of carbonyl (C=O) groups excluding carboxylic acids is 2.